The van der Waals surface area contributed by atoms with Gasteiger partial charge in [-0.25, -0.2) is 16.8 Å². The molecule has 8 nitrogen and oxygen atoms in total. The molecule has 0 radical (unpaired) electrons. The van der Waals surface area contributed by atoms with Crippen molar-refractivity contribution in [3.8, 4) is 12.1 Å². The molecule has 0 amide bonds. The van der Waals surface area contributed by atoms with Crippen molar-refractivity contribution >= 4 is 20.0 Å². The van der Waals surface area contributed by atoms with Crippen LogP contribution in [0.15, 0.2) is 34.1 Å². The third-order valence-corrected chi connectivity index (χ3v) is 12.9. The number of aryl methyl sites for hydroxylation is 6. The third-order valence-electron chi connectivity index (χ3n) is 8.52. The monoisotopic (exact) mass is 610 g/mol. The summed E-state index contributed by atoms with van der Waals surface area (Å²) in [6.07, 6.45) is 2.32. The second kappa shape index (κ2) is 12.5. The number of hydrogen-bond acceptors (Lipinski definition) is 6. The first kappa shape index (κ1) is 32.2. The molecular formula is C32H42N4O4S2. The summed E-state index contributed by atoms with van der Waals surface area (Å²) in [7, 11) is -7.63. The highest BCUT2D eigenvalue weighted by atomic mass is 32.2. The molecule has 0 saturated heterocycles. The number of hydrogen-bond donors (Lipinski definition) is 0. The van der Waals surface area contributed by atoms with E-state index in [1.807, 2.05) is 65.8 Å². The zero-order chi connectivity index (χ0) is 31.0. The van der Waals surface area contributed by atoms with Gasteiger partial charge in [0.2, 0.25) is 20.0 Å². The Labute approximate surface area is 252 Å². The molecule has 2 aliphatic rings. The summed E-state index contributed by atoms with van der Waals surface area (Å²) >= 11 is 0. The predicted molar refractivity (Wildman–Crippen MR) is 162 cm³/mol. The van der Waals surface area contributed by atoms with Crippen molar-refractivity contribution < 1.29 is 16.8 Å². The summed E-state index contributed by atoms with van der Waals surface area (Å²) in [4.78, 5) is 0.626. The van der Waals surface area contributed by atoms with Crippen LogP contribution in [0.1, 0.15) is 59.1 Å². The van der Waals surface area contributed by atoms with E-state index in [0.29, 0.717) is 57.7 Å². The van der Waals surface area contributed by atoms with Gasteiger partial charge in [0, 0.05) is 26.2 Å². The van der Waals surface area contributed by atoms with Gasteiger partial charge in [0.1, 0.15) is 0 Å². The molecule has 2 fully saturated rings. The Morgan fingerprint density at radius 1 is 0.643 bits per heavy atom. The molecule has 2 saturated carbocycles. The van der Waals surface area contributed by atoms with Crippen molar-refractivity contribution in [2.24, 2.45) is 23.7 Å². The largest absolute Gasteiger partial charge is 0.243 e. The van der Waals surface area contributed by atoms with Crippen LogP contribution in [0, 0.1) is 87.9 Å². The predicted octanol–water partition coefficient (Wildman–Crippen LogP) is 5.32. The molecule has 0 spiro atoms. The lowest BCUT2D eigenvalue weighted by atomic mass is 10.1. The maximum absolute atomic E-state index is 13.9. The quantitative estimate of drug-likeness (QED) is 0.283. The van der Waals surface area contributed by atoms with Crippen molar-refractivity contribution in [1.29, 1.82) is 10.5 Å². The lowest BCUT2D eigenvalue weighted by Crippen LogP contribution is -2.37. The lowest BCUT2D eigenvalue weighted by Gasteiger charge is -2.26. The normalized spacial score (nSPS) is 21.8. The van der Waals surface area contributed by atoms with E-state index in [1.54, 1.807) is 0 Å². The number of rotatable bonds is 13. The van der Waals surface area contributed by atoms with Crippen molar-refractivity contribution in [2.75, 3.05) is 26.2 Å². The van der Waals surface area contributed by atoms with E-state index in [0.717, 1.165) is 11.1 Å². The highest BCUT2D eigenvalue weighted by Crippen LogP contribution is 2.41. The molecule has 0 N–H and O–H groups in total. The molecule has 0 aliphatic heterocycles. The number of sulfonamides is 2. The average Bonchev–Trinajstić information content (AvgIpc) is 3.79. The highest BCUT2D eigenvalue weighted by molar-refractivity contribution is 7.89. The molecule has 2 aromatic carbocycles. The minimum atomic E-state index is -3.82. The molecule has 42 heavy (non-hydrogen) atoms. The smallest absolute Gasteiger partial charge is 0.207 e. The molecule has 0 unspecified atom stereocenters. The molecular weight excluding hydrogens is 569 g/mol. The van der Waals surface area contributed by atoms with Crippen LogP contribution in [0.4, 0.5) is 0 Å². The van der Waals surface area contributed by atoms with Gasteiger partial charge in [-0.05, 0) is 101 Å². The summed E-state index contributed by atoms with van der Waals surface area (Å²) < 4.78 is 58.8. The SMILES string of the molecule is Cc1cc(C)c(S(=O)(=O)N(CCCCN(C[C@H]2C[C@@H]2C#N)S(=O)(=O)c2c(C)cc(C)cc2C)C[C@@H]2C[C@H]2C#N)c(C)c1. The van der Waals surface area contributed by atoms with E-state index in [4.69, 9.17) is 0 Å². The molecule has 0 aromatic heterocycles. The van der Waals surface area contributed by atoms with Gasteiger partial charge in [-0.3, -0.25) is 0 Å². The van der Waals surface area contributed by atoms with Crippen molar-refractivity contribution in [3.63, 3.8) is 0 Å². The van der Waals surface area contributed by atoms with Crippen LogP contribution >= 0.6 is 0 Å². The third kappa shape index (κ3) is 6.89. The number of unbranched alkanes of at least 4 members (excludes halogenated alkanes) is 1. The minimum Gasteiger partial charge on any atom is -0.207 e. The number of nitrogens with zero attached hydrogens (tertiary/aromatic N) is 4. The van der Waals surface area contributed by atoms with Crippen molar-refractivity contribution in [3.05, 3.63) is 57.6 Å². The Morgan fingerprint density at radius 2 is 0.952 bits per heavy atom. The molecule has 226 valence electrons. The summed E-state index contributed by atoms with van der Waals surface area (Å²) in [5.41, 5.74) is 4.78. The van der Waals surface area contributed by atoms with Crippen molar-refractivity contribution in [2.45, 2.75) is 77.0 Å². The Morgan fingerprint density at radius 3 is 1.21 bits per heavy atom. The molecule has 0 heterocycles. The fourth-order valence-electron chi connectivity index (χ4n) is 6.34. The summed E-state index contributed by atoms with van der Waals surface area (Å²) in [6.45, 7) is 12.2. The van der Waals surface area contributed by atoms with E-state index in [2.05, 4.69) is 12.1 Å². The number of nitriles is 2. The van der Waals surface area contributed by atoms with Gasteiger partial charge in [-0.15, -0.1) is 0 Å². The standard InChI is InChI=1S/C32H42N4O4S2/c1-21-11-23(3)31(24(4)12-21)41(37,38)35(19-29-15-27(29)17-33)9-7-8-10-36(20-30-16-28(30)18-34)42(39,40)32-25(5)13-22(2)14-26(32)6/h11-14,27-30H,7-10,15-16,19-20H2,1-6H3/t27-,28+,29-,30+. The first-order valence-corrected chi connectivity index (χ1v) is 17.5. The Balaban J connectivity index is 1.53. The van der Waals surface area contributed by atoms with Crippen LogP contribution in [0.25, 0.3) is 0 Å². The van der Waals surface area contributed by atoms with Gasteiger partial charge in [0.15, 0.2) is 0 Å². The van der Waals surface area contributed by atoms with Gasteiger partial charge >= 0.3 is 0 Å². The zero-order valence-electron chi connectivity index (χ0n) is 25.5. The van der Waals surface area contributed by atoms with Crippen molar-refractivity contribution in [1.82, 2.24) is 8.61 Å². The fourth-order valence-corrected chi connectivity index (χ4v) is 10.2. The summed E-state index contributed by atoms with van der Waals surface area (Å²) in [6, 6.07) is 12.0. The van der Waals surface area contributed by atoms with E-state index < -0.39 is 20.0 Å². The van der Waals surface area contributed by atoms with Gasteiger partial charge in [-0.1, -0.05) is 35.4 Å². The number of benzene rings is 2. The van der Waals surface area contributed by atoms with E-state index in [1.165, 1.54) is 8.61 Å². The van der Waals surface area contributed by atoms with Gasteiger partial charge in [-0.2, -0.15) is 19.1 Å². The Kier molecular flexibility index (Phi) is 9.54. The zero-order valence-corrected chi connectivity index (χ0v) is 27.1. The van der Waals surface area contributed by atoms with E-state index in [9.17, 15) is 27.4 Å². The van der Waals surface area contributed by atoms with Crippen LogP contribution in [0.2, 0.25) is 0 Å². The van der Waals surface area contributed by atoms with Gasteiger partial charge in [0.25, 0.3) is 0 Å². The second-order valence-electron chi connectivity index (χ2n) is 12.4. The van der Waals surface area contributed by atoms with Gasteiger partial charge < -0.3 is 0 Å². The Bertz CT molecular complexity index is 1480. The molecule has 0 bridgehead atoms. The lowest BCUT2D eigenvalue weighted by molar-refractivity contribution is 0.352. The molecule has 4 atom stereocenters. The van der Waals surface area contributed by atoms with Crippen LogP contribution in [-0.2, 0) is 20.0 Å². The maximum Gasteiger partial charge on any atom is 0.243 e. The van der Waals surface area contributed by atoms with Crippen LogP contribution in [0.3, 0.4) is 0 Å². The average molecular weight is 611 g/mol. The topological polar surface area (TPSA) is 122 Å². The van der Waals surface area contributed by atoms with Crippen LogP contribution in [0.5, 0.6) is 0 Å². The first-order valence-electron chi connectivity index (χ1n) is 14.7. The van der Waals surface area contributed by atoms with E-state index >= 15 is 0 Å². The maximum atomic E-state index is 13.9. The molecule has 2 aromatic rings. The highest BCUT2D eigenvalue weighted by Gasteiger charge is 2.43. The molecule has 2 aliphatic carbocycles. The minimum absolute atomic E-state index is 0.0120. The fraction of sp³-hybridized carbons (Fsp3) is 0.562. The summed E-state index contributed by atoms with van der Waals surface area (Å²) in [5, 5.41) is 18.7. The molecule has 4 rings (SSSR count). The van der Waals surface area contributed by atoms with E-state index in [-0.39, 0.29) is 49.9 Å². The summed E-state index contributed by atoms with van der Waals surface area (Å²) in [5.74, 6) is -0.233. The van der Waals surface area contributed by atoms with Crippen LogP contribution in [-0.4, -0.2) is 51.6 Å². The van der Waals surface area contributed by atoms with Crippen LogP contribution < -0.4 is 0 Å². The second-order valence-corrected chi connectivity index (χ2v) is 16.1. The first-order chi connectivity index (χ1) is 19.7. The van der Waals surface area contributed by atoms with Gasteiger partial charge in [0.05, 0.1) is 33.8 Å². The Hall–Kier alpha value is -2.76. The molecule has 10 heteroatoms.